The molecule has 0 spiro atoms. The number of hydrogen-bond donors (Lipinski definition) is 1. The third-order valence-corrected chi connectivity index (χ3v) is 2.53. The average molecular weight is 231 g/mol. The van der Waals surface area contributed by atoms with Gasteiger partial charge in [-0.2, -0.15) is 0 Å². The summed E-state index contributed by atoms with van der Waals surface area (Å²) in [6.45, 7) is 0. The number of benzene rings is 1. The fourth-order valence-corrected chi connectivity index (χ4v) is 1.58. The lowest BCUT2D eigenvalue weighted by Gasteiger charge is -2.06. The summed E-state index contributed by atoms with van der Waals surface area (Å²) in [4.78, 5) is 16.1. The number of nitrogens with two attached hydrogens (primary N) is 1. The number of nitrogens with zero attached hydrogens (tertiary/aromatic N) is 2. The molecule has 1 aromatic heterocycles. The van der Waals surface area contributed by atoms with E-state index >= 15 is 0 Å². The number of methoxy groups -OCH3 is 1. The molecule has 5 nitrogen and oxygen atoms in total. The Morgan fingerprint density at radius 2 is 2.24 bits per heavy atom. The van der Waals surface area contributed by atoms with Crippen LogP contribution < -0.4 is 10.5 Å². The monoisotopic (exact) mass is 231 g/mol. The Bertz CT molecular complexity index is 561. The predicted molar refractivity (Wildman–Crippen MR) is 64.0 cm³/mol. The highest BCUT2D eigenvalue weighted by atomic mass is 16.5. The van der Waals surface area contributed by atoms with Crippen LogP contribution in [0.5, 0.6) is 5.75 Å². The number of carbonyl (C=O) groups is 1. The summed E-state index contributed by atoms with van der Waals surface area (Å²) in [6, 6.07) is 4.97. The molecule has 1 aromatic carbocycles. The number of imidazole rings is 1. The molecule has 0 atom stereocenters. The van der Waals surface area contributed by atoms with E-state index in [1.807, 2.05) is 0 Å². The molecule has 88 valence electrons. The summed E-state index contributed by atoms with van der Waals surface area (Å²) >= 11 is 0. The molecule has 2 rings (SSSR count). The number of aryl methyl sites for hydroxylation is 1. The molecular formula is C12H13N3O2. The van der Waals surface area contributed by atoms with Crippen molar-refractivity contribution in [2.75, 3.05) is 12.8 Å². The van der Waals surface area contributed by atoms with Gasteiger partial charge >= 0.3 is 0 Å². The first-order valence-electron chi connectivity index (χ1n) is 5.09. The van der Waals surface area contributed by atoms with Crippen LogP contribution in [0.1, 0.15) is 16.2 Å². The Balaban J connectivity index is 2.41. The Hall–Kier alpha value is -2.30. The number of ether oxygens (including phenoxy) is 1. The van der Waals surface area contributed by atoms with Crippen molar-refractivity contribution in [3.05, 3.63) is 42.0 Å². The largest absolute Gasteiger partial charge is 0.497 e. The van der Waals surface area contributed by atoms with E-state index in [9.17, 15) is 4.79 Å². The fourth-order valence-electron chi connectivity index (χ4n) is 1.58. The second-order valence-corrected chi connectivity index (χ2v) is 3.64. The van der Waals surface area contributed by atoms with Crippen LogP contribution in [-0.4, -0.2) is 22.4 Å². The van der Waals surface area contributed by atoms with Crippen molar-refractivity contribution in [2.24, 2.45) is 7.05 Å². The SMILES string of the molecule is COc1ccc(C(=O)c2nccn2C)c(N)c1. The normalized spacial score (nSPS) is 10.2. The Morgan fingerprint density at radius 1 is 1.47 bits per heavy atom. The van der Waals surface area contributed by atoms with Crippen molar-refractivity contribution in [1.82, 2.24) is 9.55 Å². The van der Waals surface area contributed by atoms with Crippen molar-refractivity contribution in [3.63, 3.8) is 0 Å². The minimum Gasteiger partial charge on any atom is -0.497 e. The standard InChI is InChI=1S/C12H13N3O2/c1-15-6-5-14-12(15)11(16)9-4-3-8(17-2)7-10(9)13/h3-7H,13H2,1-2H3. The van der Waals surface area contributed by atoms with Crippen molar-refractivity contribution >= 4 is 11.5 Å². The van der Waals surface area contributed by atoms with Gasteiger partial charge in [0.1, 0.15) is 5.75 Å². The van der Waals surface area contributed by atoms with Gasteiger partial charge in [-0.15, -0.1) is 0 Å². The molecule has 0 radical (unpaired) electrons. The molecule has 5 heteroatoms. The minimum atomic E-state index is -0.197. The Labute approximate surface area is 98.8 Å². The number of anilines is 1. The van der Waals surface area contributed by atoms with E-state index in [-0.39, 0.29) is 5.78 Å². The van der Waals surface area contributed by atoms with Crippen LogP contribution >= 0.6 is 0 Å². The van der Waals surface area contributed by atoms with Gasteiger partial charge in [0.25, 0.3) is 0 Å². The zero-order valence-electron chi connectivity index (χ0n) is 9.68. The van der Waals surface area contributed by atoms with Crippen LogP contribution in [0.2, 0.25) is 0 Å². The van der Waals surface area contributed by atoms with E-state index in [0.29, 0.717) is 22.8 Å². The first-order valence-corrected chi connectivity index (χ1v) is 5.09. The van der Waals surface area contributed by atoms with Gasteiger partial charge in [-0.3, -0.25) is 4.79 Å². The number of ketones is 1. The van der Waals surface area contributed by atoms with Crippen LogP contribution in [0, 0.1) is 0 Å². The Kier molecular flexibility index (Phi) is 2.82. The van der Waals surface area contributed by atoms with E-state index in [0.717, 1.165) is 0 Å². The number of rotatable bonds is 3. The molecule has 0 aliphatic carbocycles. The Morgan fingerprint density at radius 3 is 2.76 bits per heavy atom. The summed E-state index contributed by atoms with van der Waals surface area (Å²) in [6.07, 6.45) is 3.29. The molecule has 2 aromatic rings. The molecule has 0 fully saturated rings. The maximum absolute atomic E-state index is 12.1. The van der Waals surface area contributed by atoms with E-state index in [1.165, 1.54) is 0 Å². The van der Waals surface area contributed by atoms with Crippen LogP contribution in [-0.2, 0) is 7.05 Å². The van der Waals surface area contributed by atoms with E-state index in [4.69, 9.17) is 10.5 Å². The minimum absolute atomic E-state index is 0.197. The number of nitrogen functional groups attached to an aromatic ring is 1. The maximum atomic E-state index is 12.1. The lowest BCUT2D eigenvalue weighted by atomic mass is 10.1. The molecule has 0 saturated heterocycles. The maximum Gasteiger partial charge on any atom is 0.230 e. The molecule has 0 unspecified atom stereocenters. The van der Waals surface area contributed by atoms with Crippen molar-refractivity contribution < 1.29 is 9.53 Å². The summed E-state index contributed by atoms with van der Waals surface area (Å²) in [5.41, 5.74) is 6.63. The average Bonchev–Trinajstić information content (AvgIpc) is 2.74. The fraction of sp³-hybridized carbons (Fsp3) is 0.167. The summed E-state index contributed by atoms with van der Waals surface area (Å²) in [5, 5.41) is 0. The van der Waals surface area contributed by atoms with Crippen molar-refractivity contribution in [3.8, 4) is 5.75 Å². The second-order valence-electron chi connectivity index (χ2n) is 3.64. The lowest BCUT2D eigenvalue weighted by molar-refractivity contribution is 0.102. The molecule has 1 heterocycles. The van der Waals surface area contributed by atoms with Crippen LogP contribution in [0.4, 0.5) is 5.69 Å². The first kappa shape index (κ1) is 11.2. The molecular weight excluding hydrogens is 218 g/mol. The highest BCUT2D eigenvalue weighted by molar-refractivity contribution is 6.10. The van der Waals surface area contributed by atoms with Crippen LogP contribution in [0.3, 0.4) is 0 Å². The van der Waals surface area contributed by atoms with Gasteiger partial charge in [-0.1, -0.05) is 0 Å². The van der Waals surface area contributed by atoms with E-state index in [2.05, 4.69) is 4.98 Å². The predicted octanol–water partition coefficient (Wildman–Crippen LogP) is 1.24. The van der Waals surface area contributed by atoms with Gasteiger partial charge in [0.2, 0.25) is 5.78 Å². The van der Waals surface area contributed by atoms with Gasteiger partial charge in [0, 0.05) is 36.8 Å². The lowest BCUT2D eigenvalue weighted by Crippen LogP contribution is -2.11. The highest BCUT2D eigenvalue weighted by Gasteiger charge is 2.16. The third-order valence-electron chi connectivity index (χ3n) is 2.53. The highest BCUT2D eigenvalue weighted by Crippen LogP contribution is 2.21. The summed E-state index contributed by atoms with van der Waals surface area (Å²) < 4.78 is 6.69. The quantitative estimate of drug-likeness (QED) is 0.637. The third kappa shape index (κ3) is 1.99. The second kappa shape index (κ2) is 4.29. The van der Waals surface area contributed by atoms with Gasteiger partial charge in [-0.25, -0.2) is 4.98 Å². The van der Waals surface area contributed by atoms with Crippen LogP contribution in [0.25, 0.3) is 0 Å². The molecule has 2 N–H and O–H groups in total. The molecule has 0 saturated carbocycles. The van der Waals surface area contributed by atoms with Gasteiger partial charge in [-0.05, 0) is 12.1 Å². The zero-order chi connectivity index (χ0) is 12.4. The van der Waals surface area contributed by atoms with E-state index < -0.39 is 0 Å². The molecule has 17 heavy (non-hydrogen) atoms. The molecule has 0 aliphatic rings. The van der Waals surface area contributed by atoms with Crippen molar-refractivity contribution in [1.29, 1.82) is 0 Å². The number of carbonyl (C=O) groups excluding carboxylic acids is 1. The zero-order valence-corrected chi connectivity index (χ0v) is 9.68. The first-order chi connectivity index (χ1) is 8.13. The number of hydrogen-bond acceptors (Lipinski definition) is 4. The summed E-state index contributed by atoms with van der Waals surface area (Å²) in [7, 11) is 3.31. The van der Waals surface area contributed by atoms with Gasteiger partial charge < -0.3 is 15.0 Å². The molecule has 0 aliphatic heterocycles. The van der Waals surface area contributed by atoms with Crippen LogP contribution in [0.15, 0.2) is 30.6 Å². The van der Waals surface area contributed by atoms with Crippen molar-refractivity contribution in [2.45, 2.75) is 0 Å². The van der Waals surface area contributed by atoms with Gasteiger partial charge in [0.15, 0.2) is 5.82 Å². The molecule has 0 bridgehead atoms. The smallest absolute Gasteiger partial charge is 0.230 e. The summed E-state index contributed by atoms with van der Waals surface area (Å²) in [5.74, 6) is 0.790. The topological polar surface area (TPSA) is 70.1 Å². The number of aromatic nitrogens is 2. The van der Waals surface area contributed by atoms with E-state index in [1.54, 1.807) is 49.3 Å². The molecule has 0 amide bonds. The van der Waals surface area contributed by atoms with Gasteiger partial charge in [0.05, 0.1) is 7.11 Å².